The minimum absolute atomic E-state index is 0.0498. The molecule has 1 fully saturated rings. The molecule has 1 aliphatic heterocycles. The first-order chi connectivity index (χ1) is 11.2. The fraction of sp³-hybridized carbons (Fsp3) is 0.533. The Kier molecular flexibility index (Phi) is 5.46. The van der Waals surface area contributed by atoms with Crippen molar-refractivity contribution >= 4 is 5.91 Å². The van der Waals surface area contributed by atoms with E-state index in [9.17, 15) is 27.5 Å². The summed E-state index contributed by atoms with van der Waals surface area (Å²) >= 11 is 0. The molecule has 9 heteroatoms. The molecule has 1 aliphatic rings. The van der Waals surface area contributed by atoms with Gasteiger partial charge >= 0.3 is 6.18 Å². The Labute approximate surface area is 135 Å². The van der Waals surface area contributed by atoms with Gasteiger partial charge in [0.2, 0.25) is 0 Å². The summed E-state index contributed by atoms with van der Waals surface area (Å²) in [6.07, 6.45) is -6.70. The Hall–Kier alpha value is -1.71. The summed E-state index contributed by atoms with van der Waals surface area (Å²) in [5.74, 6) is -2.09. The number of carbonyl (C=O) groups is 1. The largest absolute Gasteiger partial charge is 0.417 e. The fourth-order valence-electron chi connectivity index (χ4n) is 2.58. The number of likely N-dealkylation sites (N-methyl/N-ethyl adjacent to an activating group) is 1. The van der Waals surface area contributed by atoms with Crippen LogP contribution in [0.25, 0.3) is 0 Å². The molecule has 5 nitrogen and oxygen atoms in total. The molecular weight excluding hydrogens is 334 g/mol. The SMILES string of the molecule is CO[C@@H]1COC[C@@H](N(C)C(=O)c2ccc(F)cc2C(F)(F)F)[C@@H]1O. The molecule has 1 saturated heterocycles. The number of aliphatic hydroxyl groups is 1. The van der Waals surface area contributed by atoms with Gasteiger partial charge in [-0.05, 0) is 18.2 Å². The zero-order valence-electron chi connectivity index (χ0n) is 13.0. The third-order valence-corrected chi connectivity index (χ3v) is 3.98. The maximum atomic E-state index is 13.2. The zero-order chi connectivity index (χ0) is 18.1. The van der Waals surface area contributed by atoms with Crippen LogP contribution in [-0.2, 0) is 15.7 Å². The number of aliphatic hydroxyl groups excluding tert-OH is 1. The molecule has 2 rings (SSSR count). The Bertz CT molecular complexity index is 608. The maximum absolute atomic E-state index is 13.2. The van der Waals surface area contributed by atoms with Crippen molar-refractivity contribution in [2.75, 3.05) is 27.4 Å². The summed E-state index contributed by atoms with van der Waals surface area (Å²) < 4.78 is 62.6. The van der Waals surface area contributed by atoms with Crippen molar-refractivity contribution in [2.45, 2.75) is 24.4 Å². The number of carbonyl (C=O) groups excluding carboxylic acids is 1. The van der Waals surface area contributed by atoms with E-state index in [0.717, 1.165) is 17.0 Å². The van der Waals surface area contributed by atoms with E-state index < -0.39 is 47.3 Å². The fourth-order valence-corrected chi connectivity index (χ4v) is 2.58. The molecule has 0 unspecified atom stereocenters. The quantitative estimate of drug-likeness (QED) is 0.842. The van der Waals surface area contributed by atoms with Crippen molar-refractivity contribution in [3.63, 3.8) is 0 Å². The molecule has 1 amide bonds. The van der Waals surface area contributed by atoms with Gasteiger partial charge in [-0.3, -0.25) is 4.79 Å². The lowest BCUT2D eigenvalue weighted by atomic mass is 10.00. The molecular formula is C15H17F4NO4. The van der Waals surface area contributed by atoms with Gasteiger partial charge in [0, 0.05) is 14.2 Å². The van der Waals surface area contributed by atoms with E-state index >= 15 is 0 Å². The highest BCUT2D eigenvalue weighted by molar-refractivity contribution is 5.96. The van der Waals surface area contributed by atoms with Crippen LogP contribution >= 0.6 is 0 Å². The number of benzene rings is 1. The van der Waals surface area contributed by atoms with Crippen LogP contribution in [0.1, 0.15) is 15.9 Å². The van der Waals surface area contributed by atoms with Crippen molar-refractivity contribution in [3.8, 4) is 0 Å². The van der Waals surface area contributed by atoms with Gasteiger partial charge in [0.05, 0.1) is 30.4 Å². The summed E-state index contributed by atoms with van der Waals surface area (Å²) in [5, 5.41) is 10.2. The van der Waals surface area contributed by atoms with Crippen molar-refractivity contribution in [1.82, 2.24) is 4.90 Å². The first kappa shape index (κ1) is 18.6. The van der Waals surface area contributed by atoms with Crippen LogP contribution in [0.15, 0.2) is 18.2 Å². The van der Waals surface area contributed by atoms with Crippen LogP contribution < -0.4 is 0 Å². The van der Waals surface area contributed by atoms with E-state index in [1.807, 2.05) is 0 Å². The normalized spacial score (nSPS) is 24.7. The summed E-state index contributed by atoms with van der Waals surface area (Å²) in [6, 6.07) is 0.942. The van der Waals surface area contributed by atoms with Gasteiger partial charge in [-0.1, -0.05) is 0 Å². The predicted octanol–water partition coefficient (Wildman–Crippen LogP) is 1.69. The Balaban J connectivity index is 2.31. The highest BCUT2D eigenvalue weighted by atomic mass is 19.4. The van der Waals surface area contributed by atoms with Crippen molar-refractivity contribution in [3.05, 3.63) is 35.1 Å². The minimum Gasteiger partial charge on any atom is -0.388 e. The number of halogens is 4. The minimum atomic E-state index is -4.88. The summed E-state index contributed by atoms with van der Waals surface area (Å²) in [5.41, 5.74) is -2.06. The Morgan fingerprint density at radius 3 is 2.62 bits per heavy atom. The molecule has 3 atom stereocenters. The molecule has 1 aromatic rings. The standard InChI is InChI=1S/C15H17F4NO4/c1-20(11-6-24-7-12(23-2)13(11)21)14(22)9-4-3-8(16)5-10(9)15(17,18)19/h3-5,11-13,21H,6-7H2,1-2H3/t11-,12-,13+/m1/s1. The van der Waals surface area contributed by atoms with Crippen LogP contribution in [0, 0.1) is 5.82 Å². The molecule has 1 aromatic carbocycles. The van der Waals surface area contributed by atoms with Gasteiger partial charge in [0.15, 0.2) is 0 Å². The lowest BCUT2D eigenvalue weighted by Crippen LogP contribution is -2.56. The van der Waals surface area contributed by atoms with E-state index in [-0.39, 0.29) is 19.3 Å². The van der Waals surface area contributed by atoms with Gasteiger partial charge in [-0.25, -0.2) is 4.39 Å². The van der Waals surface area contributed by atoms with E-state index in [1.54, 1.807) is 0 Å². The monoisotopic (exact) mass is 351 g/mol. The third kappa shape index (κ3) is 3.68. The van der Waals surface area contributed by atoms with E-state index in [0.29, 0.717) is 0 Å². The Morgan fingerprint density at radius 2 is 2.04 bits per heavy atom. The lowest BCUT2D eigenvalue weighted by Gasteiger charge is -2.39. The third-order valence-electron chi connectivity index (χ3n) is 3.98. The van der Waals surface area contributed by atoms with Crippen molar-refractivity contribution in [2.24, 2.45) is 0 Å². The second-order valence-corrected chi connectivity index (χ2v) is 5.47. The number of alkyl halides is 3. The molecule has 0 radical (unpaired) electrons. The van der Waals surface area contributed by atoms with Crippen molar-refractivity contribution < 1.29 is 36.9 Å². The molecule has 0 aromatic heterocycles. The second kappa shape index (κ2) is 7.04. The summed E-state index contributed by atoms with van der Waals surface area (Å²) in [4.78, 5) is 13.4. The second-order valence-electron chi connectivity index (χ2n) is 5.47. The molecule has 1 N–H and O–H groups in total. The number of amides is 1. The average molecular weight is 351 g/mol. The molecule has 0 bridgehead atoms. The molecule has 0 saturated carbocycles. The molecule has 0 aliphatic carbocycles. The van der Waals surface area contributed by atoms with E-state index in [4.69, 9.17) is 9.47 Å². The van der Waals surface area contributed by atoms with Gasteiger partial charge in [-0.15, -0.1) is 0 Å². The van der Waals surface area contributed by atoms with Gasteiger partial charge in [-0.2, -0.15) is 13.2 Å². The van der Waals surface area contributed by atoms with Crippen LogP contribution in [-0.4, -0.2) is 61.5 Å². The Morgan fingerprint density at radius 1 is 1.38 bits per heavy atom. The number of rotatable bonds is 3. The highest BCUT2D eigenvalue weighted by Gasteiger charge is 2.40. The number of hydrogen-bond donors (Lipinski definition) is 1. The molecule has 134 valence electrons. The van der Waals surface area contributed by atoms with E-state index in [1.165, 1.54) is 14.2 Å². The zero-order valence-corrected chi connectivity index (χ0v) is 13.0. The summed E-state index contributed by atoms with van der Waals surface area (Å²) in [7, 11) is 2.60. The lowest BCUT2D eigenvalue weighted by molar-refractivity contribution is -0.139. The topological polar surface area (TPSA) is 59.0 Å². The highest BCUT2D eigenvalue weighted by Crippen LogP contribution is 2.33. The van der Waals surface area contributed by atoms with Gasteiger partial charge in [0.25, 0.3) is 5.91 Å². The number of nitrogens with zero attached hydrogens (tertiary/aromatic N) is 1. The first-order valence-electron chi connectivity index (χ1n) is 7.09. The average Bonchev–Trinajstić information content (AvgIpc) is 2.53. The number of ether oxygens (including phenoxy) is 2. The molecule has 0 spiro atoms. The van der Waals surface area contributed by atoms with Crippen LogP contribution in [0.3, 0.4) is 0 Å². The first-order valence-corrected chi connectivity index (χ1v) is 7.09. The smallest absolute Gasteiger partial charge is 0.388 e. The van der Waals surface area contributed by atoms with Crippen LogP contribution in [0.2, 0.25) is 0 Å². The van der Waals surface area contributed by atoms with Gasteiger partial charge < -0.3 is 19.5 Å². The van der Waals surface area contributed by atoms with Crippen LogP contribution in [0.5, 0.6) is 0 Å². The number of methoxy groups -OCH3 is 1. The maximum Gasteiger partial charge on any atom is 0.417 e. The number of hydrogen-bond acceptors (Lipinski definition) is 4. The van der Waals surface area contributed by atoms with Gasteiger partial charge in [0.1, 0.15) is 18.0 Å². The van der Waals surface area contributed by atoms with E-state index in [2.05, 4.69) is 0 Å². The predicted molar refractivity (Wildman–Crippen MR) is 74.9 cm³/mol. The molecule has 1 heterocycles. The molecule has 24 heavy (non-hydrogen) atoms. The van der Waals surface area contributed by atoms with Crippen LogP contribution in [0.4, 0.5) is 17.6 Å². The summed E-state index contributed by atoms with van der Waals surface area (Å²) in [6.45, 7) is 0.0619. The van der Waals surface area contributed by atoms with Crippen molar-refractivity contribution in [1.29, 1.82) is 0 Å².